The van der Waals surface area contributed by atoms with Crippen molar-refractivity contribution >= 4 is 17.7 Å². The van der Waals surface area contributed by atoms with Crippen LogP contribution in [0.15, 0.2) is 18.2 Å². The second-order valence-corrected chi connectivity index (χ2v) is 9.39. The number of hydrogen-bond donors (Lipinski definition) is 2. The average Bonchev–Trinajstić information content (AvgIpc) is 3.34. The third kappa shape index (κ3) is 4.00. The summed E-state index contributed by atoms with van der Waals surface area (Å²) in [6.45, 7) is 5.55. The average molecular weight is 426 g/mol. The molecular weight excluding hydrogens is 394 g/mol. The molecule has 3 N–H and O–H groups in total. The summed E-state index contributed by atoms with van der Waals surface area (Å²) in [5.74, 6) is -0.719. The molecular formula is C23H31N5O3. The van der Waals surface area contributed by atoms with Crippen molar-refractivity contribution in [1.82, 2.24) is 20.0 Å². The number of nitrogens with zero attached hydrogens (tertiary/aromatic N) is 3. The first-order valence-electron chi connectivity index (χ1n) is 11.5. The number of piperidine rings is 2. The summed E-state index contributed by atoms with van der Waals surface area (Å²) < 4.78 is 0. The summed E-state index contributed by atoms with van der Waals surface area (Å²) in [5, 5.41) is 2.37. The van der Waals surface area contributed by atoms with Gasteiger partial charge < -0.3 is 10.6 Å². The van der Waals surface area contributed by atoms with Crippen LogP contribution in [0.1, 0.15) is 53.6 Å². The van der Waals surface area contributed by atoms with E-state index in [9.17, 15) is 14.4 Å². The van der Waals surface area contributed by atoms with Gasteiger partial charge in [-0.3, -0.25) is 29.5 Å². The monoisotopic (exact) mass is 425 g/mol. The van der Waals surface area contributed by atoms with Crippen LogP contribution in [0.4, 0.5) is 0 Å². The molecule has 0 radical (unpaired) electrons. The maximum atomic E-state index is 13.0. The van der Waals surface area contributed by atoms with Crippen LogP contribution in [0.25, 0.3) is 0 Å². The third-order valence-electron chi connectivity index (χ3n) is 7.41. The van der Waals surface area contributed by atoms with E-state index in [2.05, 4.69) is 21.2 Å². The number of amides is 3. The van der Waals surface area contributed by atoms with Crippen LogP contribution in [0.3, 0.4) is 0 Å². The molecule has 166 valence electrons. The Kier molecular flexibility index (Phi) is 5.54. The Bertz CT molecular complexity index is 895. The van der Waals surface area contributed by atoms with Crippen molar-refractivity contribution in [2.24, 2.45) is 5.73 Å². The van der Waals surface area contributed by atoms with Gasteiger partial charge in [-0.25, -0.2) is 0 Å². The molecule has 4 aliphatic heterocycles. The SMILES string of the molecule is NC1CCN(C2CCN(Cc3cccc4c3CN(C3CCC(=O)NC3=O)C4=O)C2)CC1. The standard InChI is InChI=1S/C23H31N5O3/c24-16-6-10-27(11-7-16)17-8-9-26(13-17)12-15-2-1-3-18-19(15)14-28(23(18)31)20-4-5-21(29)25-22(20)30/h1-3,16-17,20H,4-14,24H2,(H,25,29,30). The highest BCUT2D eigenvalue weighted by atomic mass is 16.2. The van der Waals surface area contributed by atoms with Gasteiger partial charge in [-0.1, -0.05) is 12.1 Å². The van der Waals surface area contributed by atoms with Crippen molar-refractivity contribution in [3.05, 3.63) is 34.9 Å². The van der Waals surface area contributed by atoms with Crippen LogP contribution in [-0.4, -0.2) is 76.7 Å². The number of nitrogens with two attached hydrogens (primary N) is 1. The largest absolute Gasteiger partial charge is 0.328 e. The predicted octanol–water partition coefficient (Wildman–Crippen LogP) is 0.445. The first-order valence-corrected chi connectivity index (χ1v) is 11.5. The van der Waals surface area contributed by atoms with Crippen molar-refractivity contribution in [3.63, 3.8) is 0 Å². The van der Waals surface area contributed by atoms with E-state index in [0.29, 0.717) is 30.6 Å². The molecule has 4 heterocycles. The lowest BCUT2D eigenvalue weighted by Crippen LogP contribution is -2.52. The lowest BCUT2D eigenvalue weighted by Gasteiger charge is -2.34. The highest BCUT2D eigenvalue weighted by Crippen LogP contribution is 2.31. The van der Waals surface area contributed by atoms with Gasteiger partial charge in [0.1, 0.15) is 6.04 Å². The van der Waals surface area contributed by atoms with Crippen molar-refractivity contribution in [3.8, 4) is 0 Å². The highest BCUT2D eigenvalue weighted by molar-refractivity contribution is 6.05. The van der Waals surface area contributed by atoms with Crippen LogP contribution < -0.4 is 11.1 Å². The maximum Gasteiger partial charge on any atom is 0.255 e. The van der Waals surface area contributed by atoms with Crippen molar-refractivity contribution in [2.45, 2.75) is 63.3 Å². The maximum absolute atomic E-state index is 13.0. The van der Waals surface area contributed by atoms with Gasteiger partial charge in [0, 0.05) is 50.2 Å². The van der Waals surface area contributed by atoms with Crippen LogP contribution in [0.5, 0.6) is 0 Å². The summed E-state index contributed by atoms with van der Waals surface area (Å²) in [5.41, 5.74) is 8.96. The van der Waals surface area contributed by atoms with E-state index in [0.717, 1.165) is 51.1 Å². The smallest absolute Gasteiger partial charge is 0.255 e. The second-order valence-electron chi connectivity index (χ2n) is 9.39. The van der Waals surface area contributed by atoms with Crippen molar-refractivity contribution < 1.29 is 14.4 Å². The van der Waals surface area contributed by atoms with E-state index in [-0.39, 0.29) is 24.1 Å². The predicted molar refractivity (Wildman–Crippen MR) is 115 cm³/mol. The number of hydrogen-bond acceptors (Lipinski definition) is 6. The quantitative estimate of drug-likeness (QED) is 0.680. The highest BCUT2D eigenvalue weighted by Gasteiger charge is 2.40. The molecule has 3 amide bonds. The van der Waals surface area contributed by atoms with Gasteiger partial charge in [-0.2, -0.15) is 0 Å². The molecule has 31 heavy (non-hydrogen) atoms. The minimum absolute atomic E-state index is 0.102. The number of carbonyl (C=O) groups excluding carboxylic acids is 3. The molecule has 0 bridgehead atoms. The molecule has 3 saturated heterocycles. The summed E-state index contributed by atoms with van der Waals surface area (Å²) in [4.78, 5) is 43.5. The fourth-order valence-electron chi connectivity index (χ4n) is 5.58. The molecule has 5 rings (SSSR count). The number of rotatable bonds is 4. The van der Waals surface area contributed by atoms with Gasteiger partial charge >= 0.3 is 0 Å². The third-order valence-corrected chi connectivity index (χ3v) is 7.41. The normalized spacial score (nSPS) is 28.3. The molecule has 3 fully saturated rings. The molecule has 2 atom stereocenters. The Morgan fingerprint density at radius 2 is 1.84 bits per heavy atom. The summed E-state index contributed by atoms with van der Waals surface area (Å²) in [7, 11) is 0. The minimum atomic E-state index is -0.563. The second kappa shape index (κ2) is 8.33. The lowest BCUT2D eigenvalue weighted by molar-refractivity contribution is -0.136. The minimum Gasteiger partial charge on any atom is -0.328 e. The van der Waals surface area contributed by atoms with Crippen LogP contribution in [-0.2, 0) is 22.7 Å². The number of carbonyl (C=O) groups is 3. The molecule has 8 heteroatoms. The number of likely N-dealkylation sites (tertiary alicyclic amines) is 2. The molecule has 1 aromatic carbocycles. The molecule has 0 spiro atoms. The first-order chi connectivity index (χ1) is 15.0. The van der Waals surface area contributed by atoms with Gasteiger partial charge in [-0.15, -0.1) is 0 Å². The Morgan fingerprint density at radius 1 is 1.03 bits per heavy atom. The zero-order chi connectivity index (χ0) is 21.5. The van der Waals surface area contributed by atoms with Crippen LogP contribution >= 0.6 is 0 Å². The van der Waals surface area contributed by atoms with Crippen LogP contribution in [0, 0.1) is 0 Å². The first kappa shape index (κ1) is 20.6. The molecule has 0 aliphatic carbocycles. The van der Waals surface area contributed by atoms with Gasteiger partial charge in [0.05, 0.1) is 0 Å². The van der Waals surface area contributed by atoms with E-state index >= 15 is 0 Å². The van der Waals surface area contributed by atoms with Gasteiger partial charge in [0.15, 0.2) is 0 Å². The summed E-state index contributed by atoms with van der Waals surface area (Å²) >= 11 is 0. The van der Waals surface area contributed by atoms with E-state index in [1.807, 2.05) is 12.1 Å². The summed E-state index contributed by atoms with van der Waals surface area (Å²) in [6.07, 6.45) is 4.01. The summed E-state index contributed by atoms with van der Waals surface area (Å²) in [6, 6.07) is 6.28. The number of nitrogens with one attached hydrogen (secondary N) is 1. The van der Waals surface area contributed by atoms with E-state index in [1.54, 1.807) is 4.90 Å². The lowest BCUT2D eigenvalue weighted by atomic mass is 10.0. The Morgan fingerprint density at radius 3 is 2.61 bits per heavy atom. The molecule has 2 unspecified atom stereocenters. The van der Waals surface area contributed by atoms with Crippen molar-refractivity contribution in [1.29, 1.82) is 0 Å². The molecule has 1 aromatic rings. The molecule has 0 saturated carbocycles. The fraction of sp³-hybridized carbons (Fsp3) is 0.609. The van der Waals surface area contributed by atoms with Crippen molar-refractivity contribution in [2.75, 3.05) is 26.2 Å². The van der Waals surface area contributed by atoms with Gasteiger partial charge in [0.25, 0.3) is 5.91 Å². The van der Waals surface area contributed by atoms with Gasteiger partial charge in [0.2, 0.25) is 11.8 Å². The molecule has 4 aliphatic rings. The number of fused-ring (bicyclic) bond motifs is 1. The zero-order valence-electron chi connectivity index (χ0n) is 17.9. The molecule has 8 nitrogen and oxygen atoms in total. The zero-order valence-corrected chi connectivity index (χ0v) is 17.9. The van der Waals surface area contributed by atoms with Gasteiger partial charge in [-0.05, 0) is 56.0 Å². The Hall–Kier alpha value is -2.29. The fourth-order valence-corrected chi connectivity index (χ4v) is 5.58. The topological polar surface area (TPSA) is 99.0 Å². The van der Waals surface area contributed by atoms with E-state index < -0.39 is 6.04 Å². The van der Waals surface area contributed by atoms with E-state index in [1.165, 1.54) is 12.0 Å². The molecule has 0 aromatic heterocycles. The number of imide groups is 1. The Labute approximate surface area is 182 Å². The van der Waals surface area contributed by atoms with Crippen LogP contribution in [0.2, 0.25) is 0 Å². The Balaban J connectivity index is 1.26. The number of benzene rings is 1. The van der Waals surface area contributed by atoms with E-state index in [4.69, 9.17) is 5.73 Å².